The van der Waals surface area contributed by atoms with Crippen LogP contribution in [0.25, 0.3) is 0 Å². The fourth-order valence-electron chi connectivity index (χ4n) is 3.69. The minimum absolute atomic E-state index is 0.00282. The molecule has 0 aromatic heterocycles. The summed E-state index contributed by atoms with van der Waals surface area (Å²) < 4.78 is 51.9. The van der Waals surface area contributed by atoms with Crippen molar-refractivity contribution in [1.29, 1.82) is 0 Å². The summed E-state index contributed by atoms with van der Waals surface area (Å²) in [5.74, 6) is -1.67. The van der Waals surface area contributed by atoms with E-state index >= 15 is 0 Å². The number of nitrogens with one attached hydrogen (secondary N) is 1. The van der Waals surface area contributed by atoms with Crippen molar-refractivity contribution >= 4 is 33.0 Å². The molecule has 0 radical (unpaired) electrons. The number of ether oxygens (including phenoxy) is 3. The van der Waals surface area contributed by atoms with E-state index in [0.29, 0.717) is 0 Å². The van der Waals surface area contributed by atoms with Crippen LogP contribution in [0.4, 0.5) is 4.79 Å². The molecule has 12 nitrogen and oxygen atoms in total. The van der Waals surface area contributed by atoms with E-state index in [-0.39, 0.29) is 32.8 Å². The number of carbonyl (C=O) groups excluding carboxylic acids is 3. The molecule has 2 unspecified atom stereocenters. The summed E-state index contributed by atoms with van der Waals surface area (Å²) in [6.45, 7) is 6.18. The molecule has 0 heterocycles. The highest BCUT2D eigenvalue weighted by Gasteiger charge is 2.47. The Morgan fingerprint density at radius 2 is 1.58 bits per heavy atom. The number of amides is 1. The van der Waals surface area contributed by atoms with Crippen LogP contribution in [-0.2, 0) is 48.6 Å². The first-order valence-electron chi connectivity index (χ1n) is 12.2. The monoisotopic (exact) mass is 579 g/mol. The number of benzene rings is 1. The molecule has 1 aromatic rings. The van der Waals surface area contributed by atoms with Gasteiger partial charge in [-0.2, -0.15) is 0 Å². The van der Waals surface area contributed by atoms with Crippen molar-refractivity contribution in [2.45, 2.75) is 46.8 Å². The third-order valence-corrected chi connectivity index (χ3v) is 9.85. The second-order valence-corrected chi connectivity index (χ2v) is 13.2. The van der Waals surface area contributed by atoms with Gasteiger partial charge in [-0.05, 0) is 39.7 Å². The number of hydrogen-bond acceptors (Lipinski definition) is 10. The summed E-state index contributed by atoms with van der Waals surface area (Å²) in [6.07, 6.45) is -2.75. The average Bonchev–Trinajstić information content (AvgIpc) is 2.85. The predicted molar refractivity (Wildman–Crippen MR) is 140 cm³/mol. The van der Waals surface area contributed by atoms with Crippen molar-refractivity contribution in [3.8, 4) is 0 Å². The Hall–Kier alpha value is -2.23. The van der Waals surface area contributed by atoms with Crippen molar-refractivity contribution in [1.82, 2.24) is 5.32 Å². The highest BCUT2D eigenvalue weighted by atomic mass is 31.2. The van der Waals surface area contributed by atoms with Crippen LogP contribution in [0.5, 0.6) is 0 Å². The molecule has 1 amide bonds. The lowest BCUT2D eigenvalue weighted by Gasteiger charge is -2.32. The zero-order valence-electron chi connectivity index (χ0n) is 22.5. The molecule has 0 aliphatic carbocycles. The van der Waals surface area contributed by atoms with Crippen LogP contribution in [0.3, 0.4) is 0 Å². The maximum atomic E-state index is 13.2. The largest absolute Gasteiger partial charge is 0.467 e. The van der Waals surface area contributed by atoms with Gasteiger partial charge in [0.1, 0.15) is 12.6 Å². The molecular weight excluding hydrogens is 540 g/mol. The van der Waals surface area contributed by atoms with Crippen LogP contribution in [0.2, 0.25) is 0 Å². The van der Waals surface area contributed by atoms with Crippen LogP contribution in [0.15, 0.2) is 30.3 Å². The number of methoxy groups -OCH3 is 1. The summed E-state index contributed by atoms with van der Waals surface area (Å²) in [6, 6.07) is 7.59. The maximum Gasteiger partial charge on any atom is 0.408 e. The molecule has 0 fully saturated rings. The molecule has 1 aromatic carbocycles. The Morgan fingerprint density at radius 3 is 2.11 bits per heavy atom. The Balaban J connectivity index is 2.97. The Morgan fingerprint density at radius 1 is 0.974 bits per heavy atom. The smallest absolute Gasteiger partial charge is 0.408 e. The molecule has 0 bridgehead atoms. The molecule has 0 saturated heterocycles. The normalized spacial score (nSPS) is 15.4. The molecule has 216 valence electrons. The van der Waals surface area contributed by atoms with Gasteiger partial charge in [-0.3, -0.25) is 13.9 Å². The third-order valence-electron chi connectivity index (χ3n) is 5.32. The fraction of sp³-hybridized carbons (Fsp3) is 0.625. The van der Waals surface area contributed by atoms with Gasteiger partial charge in [0.2, 0.25) is 7.37 Å². The van der Waals surface area contributed by atoms with Crippen LogP contribution in [-0.4, -0.2) is 74.4 Å². The minimum Gasteiger partial charge on any atom is -0.467 e. The first kappa shape index (κ1) is 33.8. The van der Waals surface area contributed by atoms with Gasteiger partial charge in [-0.25, -0.2) is 9.59 Å². The zero-order valence-corrected chi connectivity index (χ0v) is 24.3. The first-order valence-corrected chi connectivity index (χ1v) is 16.0. The Labute approximate surface area is 223 Å². The van der Waals surface area contributed by atoms with Crippen molar-refractivity contribution in [3.63, 3.8) is 0 Å². The van der Waals surface area contributed by atoms with Crippen molar-refractivity contribution < 1.29 is 51.7 Å². The molecule has 0 aliphatic heterocycles. The van der Waals surface area contributed by atoms with Gasteiger partial charge in [-0.15, -0.1) is 0 Å². The van der Waals surface area contributed by atoms with Gasteiger partial charge in [0.05, 0.1) is 38.5 Å². The molecular formula is C24H39NO11P2. The Kier molecular flexibility index (Phi) is 14.2. The highest BCUT2D eigenvalue weighted by molar-refractivity contribution is 7.58. The first-order chi connectivity index (χ1) is 17.8. The van der Waals surface area contributed by atoms with E-state index in [1.807, 2.05) is 6.07 Å². The third kappa shape index (κ3) is 11.7. The van der Waals surface area contributed by atoms with E-state index in [9.17, 15) is 28.4 Å². The fourth-order valence-corrected chi connectivity index (χ4v) is 8.15. The SMILES string of the molecule is CCOC(=O)C(C)(CP(=O)(O)CC[C@H](NC(=O)OCc1ccccc1)C(=O)OC)CP(=O)(OCC)OCC. The minimum atomic E-state index is -4.16. The maximum absolute atomic E-state index is 13.2. The lowest BCUT2D eigenvalue weighted by Crippen LogP contribution is -2.42. The van der Waals surface area contributed by atoms with E-state index in [1.54, 1.807) is 45.0 Å². The number of hydrogen-bond donors (Lipinski definition) is 2. The average molecular weight is 580 g/mol. The van der Waals surface area contributed by atoms with Gasteiger partial charge in [0.25, 0.3) is 0 Å². The lowest BCUT2D eigenvalue weighted by molar-refractivity contribution is -0.152. The number of rotatable bonds is 17. The second-order valence-electron chi connectivity index (χ2n) is 8.68. The summed E-state index contributed by atoms with van der Waals surface area (Å²) in [4.78, 5) is 48.1. The summed E-state index contributed by atoms with van der Waals surface area (Å²) in [7, 11) is -6.84. The van der Waals surface area contributed by atoms with Gasteiger partial charge in [0, 0.05) is 12.3 Å². The number of alkyl carbamates (subject to hydrolysis) is 1. The topological polar surface area (TPSA) is 164 Å². The summed E-state index contributed by atoms with van der Waals surface area (Å²) in [5.41, 5.74) is -0.963. The summed E-state index contributed by atoms with van der Waals surface area (Å²) in [5, 5.41) is 2.34. The molecule has 3 atom stereocenters. The number of esters is 2. The Bertz CT molecular complexity index is 994. The van der Waals surface area contributed by atoms with Gasteiger partial charge in [-0.1, -0.05) is 30.3 Å². The molecule has 1 rings (SSSR count). The molecule has 0 aliphatic rings. The van der Waals surface area contributed by atoms with Gasteiger partial charge < -0.3 is 33.5 Å². The molecule has 38 heavy (non-hydrogen) atoms. The van der Waals surface area contributed by atoms with Crippen molar-refractivity contribution in [2.24, 2.45) is 5.41 Å². The van der Waals surface area contributed by atoms with Gasteiger partial charge in [0.15, 0.2) is 0 Å². The predicted octanol–water partition coefficient (Wildman–Crippen LogP) is 3.95. The van der Waals surface area contributed by atoms with Crippen molar-refractivity contribution in [3.05, 3.63) is 35.9 Å². The highest BCUT2D eigenvalue weighted by Crippen LogP contribution is 2.56. The van der Waals surface area contributed by atoms with Gasteiger partial charge >= 0.3 is 25.6 Å². The van der Waals surface area contributed by atoms with Crippen LogP contribution < -0.4 is 5.32 Å². The molecule has 0 spiro atoms. The molecule has 2 N–H and O–H groups in total. The second kappa shape index (κ2) is 16.0. The quantitative estimate of drug-likeness (QED) is 0.156. The lowest BCUT2D eigenvalue weighted by atomic mass is 9.96. The van der Waals surface area contributed by atoms with E-state index < -0.39 is 62.9 Å². The van der Waals surface area contributed by atoms with E-state index in [4.69, 9.17) is 23.3 Å². The summed E-state index contributed by atoms with van der Waals surface area (Å²) >= 11 is 0. The molecule has 14 heteroatoms. The van der Waals surface area contributed by atoms with Crippen LogP contribution in [0, 0.1) is 5.41 Å². The van der Waals surface area contributed by atoms with E-state index in [1.165, 1.54) is 6.92 Å². The number of carbonyl (C=O) groups is 3. The van der Waals surface area contributed by atoms with E-state index in [0.717, 1.165) is 12.7 Å². The van der Waals surface area contributed by atoms with Crippen LogP contribution >= 0.6 is 15.0 Å². The zero-order chi connectivity index (χ0) is 28.8. The molecule has 0 saturated carbocycles. The van der Waals surface area contributed by atoms with Crippen LogP contribution in [0.1, 0.15) is 39.7 Å². The standard InChI is InChI=1S/C24H39NO11P2/c1-6-33-22(27)24(4,18-38(31,35-7-2)36-8-3)17-37(29,30)15-14-20(21(26)32-5)25-23(28)34-16-19-12-10-9-11-13-19/h9-13,20H,6-8,14-18H2,1-5H3,(H,25,28)(H,29,30)/t20-,24?/m0/s1. The van der Waals surface area contributed by atoms with Crippen molar-refractivity contribution in [2.75, 3.05) is 45.4 Å². The van der Waals surface area contributed by atoms with E-state index in [2.05, 4.69) is 5.32 Å².